The Hall–Kier alpha value is -1.60. The molecular formula is C17H19F2N3OS. The second-order valence-corrected chi connectivity index (χ2v) is 7.97. The van der Waals surface area contributed by atoms with Gasteiger partial charge in [-0.05, 0) is 43.6 Å². The Labute approximate surface area is 142 Å². The zero-order chi connectivity index (χ0) is 16.8. The number of hydrogen-bond donors (Lipinski definition) is 2. The minimum absolute atomic E-state index is 0.0550. The third-order valence-corrected chi connectivity index (χ3v) is 6.38. The monoisotopic (exact) mass is 351 g/mol. The third kappa shape index (κ3) is 2.80. The standard InChI is InChI=1S/C17H19F2N3OS/c18-11-6-13-14(7-12(11)19)24-17(21-13)22-16(23)10-4-8-2-1-3-9(5-10)15(8)20/h6-10,15H,1-5,20H2,(H,21,22,23). The van der Waals surface area contributed by atoms with Crippen LogP contribution in [0.4, 0.5) is 13.9 Å². The molecule has 7 heteroatoms. The summed E-state index contributed by atoms with van der Waals surface area (Å²) in [5, 5.41) is 3.22. The van der Waals surface area contributed by atoms with Crippen molar-refractivity contribution in [3.05, 3.63) is 23.8 Å². The van der Waals surface area contributed by atoms with Gasteiger partial charge in [0.05, 0.1) is 10.2 Å². The molecule has 2 aromatic rings. The van der Waals surface area contributed by atoms with Gasteiger partial charge < -0.3 is 11.1 Å². The maximum Gasteiger partial charge on any atom is 0.229 e. The van der Waals surface area contributed by atoms with Crippen LogP contribution in [-0.4, -0.2) is 16.9 Å². The number of amides is 1. The van der Waals surface area contributed by atoms with Crippen LogP contribution < -0.4 is 11.1 Å². The van der Waals surface area contributed by atoms with Crippen LogP contribution in [0.1, 0.15) is 32.1 Å². The number of hydrogen-bond acceptors (Lipinski definition) is 4. The van der Waals surface area contributed by atoms with Gasteiger partial charge in [0, 0.05) is 18.0 Å². The Bertz CT molecular complexity index is 740. The average molecular weight is 351 g/mol. The number of carbonyl (C=O) groups is 1. The first-order valence-corrected chi connectivity index (χ1v) is 9.15. The van der Waals surface area contributed by atoms with E-state index >= 15 is 0 Å². The van der Waals surface area contributed by atoms with Crippen molar-refractivity contribution in [2.45, 2.75) is 38.1 Å². The van der Waals surface area contributed by atoms with E-state index in [9.17, 15) is 13.6 Å². The Balaban J connectivity index is 1.50. The molecule has 2 unspecified atom stereocenters. The van der Waals surface area contributed by atoms with E-state index in [-0.39, 0.29) is 17.9 Å². The van der Waals surface area contributed by atoms with E-state index in [0.717, 1.165) is 49.2 Å². The van der Waals surface area contributed by atoms with Crippen molar-refractivity contribution in [2.24, 2.45) is 23.5 Å². The molecule has 2 saturated carbocycles. The van der Waals surface area contributed by atoms with E-state index < -0.39 is 11.6 Å². The van der Waals surface area contributed by atoms with Gasteiger partial charge in [0.25, 0.3) is 0 Å². The molecule has 4 rings (SSSR count). The number of rotatable bonds is 2. The molecule has 128 valence electrons. The number of thiazole rings is 1. The highest BCUT2D eigenvalue weighted by atomic mass is 32.1. The molecule has 1 heterocycles. The van der Waals surface area contributed by atoms with Crippen LogP contribution in [0.25, 0.3) is 10.2 Å². The second kappa shape index (κ2) is 6.04. The SMILES string of the molecule is NC1C2CCCC1CC(C(=O)Nc1nc3cc(F)c(F)cc3s1)C2. The van der Waals surface area contributed by atoms with Crippen LogP contribution in [0.3, 0.4) is 0 Å². The van der Waals surface area contributed by atoms with Crippen LogP contribution in [0.2, 0.25) is 0 Å². The summed E-state index contributed by atoms with van der Waals surface area (Å²) in [6, 6.07) is 2.39. The Morgan fingerprint density at radius 1 is 1.21 bits per heavy atom. The normalized spacial score (nSPS) is 29.6. The van der Waals surface area contributed by atoms with Gasteiger partial charge in [-0.25, -0.2) is 13.8 Å². The summed E-state index contributed by atoms with van der Waals surface area (Å²) >= 11 is 1.16. The molecule has 2 aliphatic rings. The highest BCUT2D eigenvalue weighted by Crippen LogP contribution is 2.42. The van der Waals surface area contributed by atoms with Gasteiger partial charge in [-0.1, -0.05) is 17.8 Å². The van der Waals surface area contributed by atoms with Gasteiger partial charge in [0.1, 0.15) is 0 Å². The highest BCUT2D eigenvalue weighted by Gasteiger charge is 2.40. The van der Waals surface area contributed by atoms with Crippen molar-refractivity contribution in [3.8, 4) is 0 Å². The largest absolute Gasteiger partial charge is 0.327 e. The van der Waals surface area contributed by atoms with Crippen molar-refractivity contribution in [3.63, 3.8) is 0 Å². The van der Waals surface area contributed by atoms with Gasteiger partial charge in [-0.3, -0.25) is 4.79 Å². The van der Waals surface area contributed by atoms with E-state index in [0.29, 0.717) is 27.2 Å². The highest BCUT2D eigenvalue weighted by molar-refractivity contribution is 7.22. The number of nitrogens with one attached hydrogen (secondary N) is 1. The third-order valence-electron chi connectivity index (χ3n) is 5.44. The number of nitrogens with two attached hydrogens (primary N) is 1. The number of nitrogens with zero attached hydrogens (tertiary/aromatic N) is 1. The smallest absolute Gasteiger partial charge is 0.229 e. The zero-order valence-corrected chi connectivity index (χ0v) is 13.9. The number of halogens is 2. The lowest BCUT2D eigenvalue weighted by Gasteiger charge is -2.43. The Morgan fingerprint density at radius 3 is 2.58 bits per heavy atom. The van der Waals surface area contributed by atoms with E-state index in [1.807, 2.05) is 0 Å². The Morgan fingerprint density at radius 2 is 1.88 bits per heavy atom. The van der Waals surface area contributed by atoms with Gasteiger partial charge in [-0.2, -0.15) is 0 Å². The molecular weight excluding hydrogens is 332 g/mol. The molecule has 2 bridgehead atoms. The Kier molecular flexibility index (Phi) is 4.00. The minimum Gasteiger partial charge on any atom is -0.327 e. The van der Waals surface area contributed by atoms with E-state index in [1.54, 1.807) is 0 Å². The lowest BCUT2D eigenvalue weighted by atomic mass is 9.65. The zero-order valence-electron chi connectivity index (χ0n) is 13.1. The van der Waals surface area contributed by atoms with E-state index in [1.165, 1.54) is 6.42 Å². The number of benzene rings is 1. The van der Waals surface area contributed by atoms with E-state index in [2.05, 4.69) is 10.3 Å². The van der Waals surface area contributed by atoms with Crippen LogP contribution in [0.5, 0.6) is 0 Å². The van der Waals surface area contributed by atoms with E-state index in [4.69, 9.17) is 5.73 Å². The van der Waals surface area contributed by atoms with Crippen molar-refractivity contribution in [2.75, 3.05) is 5.32 Å². The van der Waals surface area contributed by atoms with Crippen molar-refractivity contribution >= 4 is 32.6 Å². The topological polar surface area (TPSA) is 68.0 Å². The molecule has 0 radical (unpaired) electrons. The summed E-state index contributed by atoms with van der Waals surface area (Å²) in [4.78, 5) is 16.8. The van der Waals surface area contributed by atoms with Crippen molar-refractivity contribution in [1.29, 1.82) is 0 Å². The lowest BCUT2D eigenvalue weighted by molar-refractivity contribution is -0.122. The molecule has 3 N–H and O–H groups in total. The maximum absolute atomic E-state index is 13.3. The van der Waals surface area contributed by atoms with Crippen LogP contribution in [0, 0.1) is 29.4 Å². The van der Waals surface area contributed by atoms with Crippen molar-refractivity contribution < 1.29 is 13.6 Å². The predicted octanol–water partition coefficient (Wildman–Crippen LogP) is 3.67. The molecule has 0 spiro atoms. The molecule has 1 aromatic heterocycles. The molecule has 0 saturated heterocycles. The summed E-state index contributed by atoms with van der Waals surface area (Å²) in [5.41, 5.74) is 6.62. The summed E-state index contributed by atoms with van der Waals surface area (Å²) < 4.78 is 27.1. The van der Waals surface area contributed by atoms with Gasteiger partial charge in [-0.15, -0.1) is 0 Å². The molecule has 24 heavy (non-hydrogen) atoms. The molecule has 2 atom stereocenters. The molecule has 1 aromatic carbocycles. The van der Waals surface area contributed by atoms with Crippen LogP contribution in [-0.2, 0) is 4.79 Å². The summed E-state index contributed by atoms with van der Waals surface area (Å²) in [5.74, 6) is -1.10. The number of fused-ring (bicyclic) bond motifs is 3. The molecule has 2 fully saturated rings. The molecule has 0 aliphatic heterocycles. The molecule has 4 nitrogen and oxygen atoms in total. The number of carbonyl (C=O) groups excluding carboxylic acids is 1. The number of anilines is 1. The molecule has 1 amide bonds. The summed E-state index contributed by atoms with van der Waals surface area (Å²) in [6.45, 7) is 0. The van der Waals surface area contributed by atoms with Crippen molar-refractivity contribution in [1.82, 2.24) is 4.98 Å². The van der Waals surface area contributed by atoms with Crippen LogP contribution in [0.15, 0.2) is 12.1 Å². The van der Waals surface area contributed by atoms with Gasteiger partial charge in [0.2, 0.25) is 5.91 Å². The van der Waals surface area contributed by atoms with Crippen LogP contribution >= 0.6 is 11.3 Å². The first-order chi connectivity index (χ1) is 11.5. The number of aromatic nitrogens is 1. The lowest BCUT2D eigenvalue weighted by Crippen LogP contribution is -2.48. The quantitative estimate of drug-likeness (QED) is 0.867. The van der Waals surface area contributed by atoms with Gasteiger partial charge >= 0.3 is 0 Å². The van der Waals surface area contributed by atoms with Gasteiger partial charge in [0.15, 0.2) is 16.8 Å². The first kappa shape index (κ1) is 15.9. The fourth-order valence-electron chi connectivity index (χ4n) is 4.19. The minimum atomic E-state index is -0.931. The predicted molar refractivity (Wildman–Crippen MR) is 89.7 cm³/mol. The first-order valence-electron chi connectivity index (χ1n) is 8.33. The fraction of sp³-hybridized carbons (Fsp3) is 0.529. The maximum atomic E-state index is 13.3. The summed E-state index contributed by atoms with van der Waals surface area (Å²) in [6.07, 6.45) is 5.03. The average Bonchev–Trinajstić information content (AvgIpc) is 2.88. The summed E-state index contributed by atoms with van der Waals surface area (Å²) in [7, 11) is 0. The second-order valence-electron chi connectivity index (χ2n) is 6.94. The fourth-order valence-corrected chi connectivity index (χ4v) is 5.06. The molecule has 2 aliphatic carbocycles.